The van der Waals surface area contributed by atoms with Gasteiger partial charge in [-0.05, 0) is 49.7 Å². The Balaban J connectivity index is 1.55. The van der Waals surface area contributed by atoms with Gasteiger partial charge in [-0.25, -0.2) is 4.98 Å². The van der Waals surface area contributed by atoms with Crippen LogP contribution in [0, 0.1) is 17.8 Å². The van der Waals surface area contributed by atoms with Crippen LogP contribution < -0.4 is 5.32 Å². The minimum absolute atomic E-state index is 0.169. The fourth-order valence-corrected chi connectivity index (χ4v) is 5.19. The maximum absolute atomic E-state index is 13.3. The Kier molecular flexibility index (Phi) is 10.6. The average molecular weight is 483 g/mol. The molecule has 1 saturated carbocycles. The molecule has 0 saturated heterocycles. The van der Waals surface area contributed by atoms with Crippen molar-refractivity contribution in [3.8, 4) is 0 Å². The quantitative estimate of drug-likeness (QED) is 0.379. The van der Waals surface area contributed by atoms with Gasteiger partial charge in [0, 0.05) is 32.0 Å². The van der Waals surface area contributed by atoms with Gasteiger partial charge in [-0.1, -0.05) is 65.5 Å². The number of aryl methyl sites for hydroxylation is 1. The van der Waals surface area contributed by atoms with Crippen LogP contribution in [0.3, 0.4) is 0 Å². The van der Waals surface area contributed by atoms with Crippen molar-refractivity contribution in [3.05, 3.63) is 30.1 Å². The van der Waals surface area contributed by atoms with Crippen LogP contribution in [-0.4, -0.2) is 45.9 Å². The van der Waals surface area contributed by atoms with E-state index in [1.165, 1.54) is 19.3 Å². The Hall–Kier alpha value is -2.37. The minimum Gasteiger partial charge on any atom is -0.356 e. The molecule has 1 aliphatic carbocycles. The molecule has 2 aromatic rings. The number of amides is 2. The standard InChI is InChI=1S/C29H46N4O2/c1-22(2)19-32(20-23(3)4)28(34)21-33-26-16-11-10-15-25(26)31-27(33)17-9-6-12-18-30-29(35)24-13-7-5-8-14-24/h10-11,15-16,22-24H,5-9,12-14,17-21H2,1-4H3,(H,30,35). The van der Waals surface area contributed by atoms with E-state index in [4.69, 9.17) is 4.98 Å². The molecule has 1 aliphatic rings. The highest BCUT2D eigenvalue weighted by molar-refractivity contribution is 5.81. The number of carbonyl (C=O) groups is 2. The van der Waals surface area contributed by atoms with Gasteiger partial charge >= 0.3 is 0 Å². The van der Waals surface area contributed by atoms with Crippen LogP contribution in [0.4, 0.5) is 0 Å². The van der Waals surface area contributed by atoms with Gasteiger partial charge in [-0.15, -0.1) is 0 Å². The van der Waals surface area contributed by atoms with Crippen molar-refractivity contribution in [2.24, 2.45) is 17.8 Å². The zero-order chi connectivity index (χ0) is 25.2. The largest absolute Gasteiger partial charge is 0.356 e. The van der Waals surface area contributed by atoms with Crippen molar-refractivity contribution >= 4 is 22.8 Å². The number of unbranched alkanes of at least 4 members (excludes halogenated alkanes) is 2. The summed E-state index contributed by atoms with van der Waals surface area (Å²) in [6.45, 7) is 11.3. The summed E-state index contributed by atoms with van der Waals surface area (Å²) in [6.07, 6.45) is 9.60. The van der Waals surface area contributed by atoms with Gasteiger partial charge in [-0.2, -0.15) is 0 Å². The van der Waals surface area contributed by atoms with Crippen molar-refractivity contribution in [2.75, 3.05) is 19.6 Å². The number of nitrogens with one attached hydrogen (secondary N) is 1. The van der Waals surface area contributed by atoms with E-state index in [0.717, 1.165) is 75.0 Å². The molecular weight excluding hydrogens is 436 g/mol. The predicted molar refractivity (Wildman–Crippen MR) is 143 cm³/mol. The summed E-state index contributed by atoms with van der Waals surface area (Å²) < 4.78 is 2.12. The summed E-state index contributed by atoms with van der Waals surface area (Å²) in [5.41, 5.74) is 1.99. The molecule has 6 heteroatoms. The Labute approximate surface area is 211 Å². The van der Waals surface area contributed by atoms with E-state index >= 15 is 0 Å². The van der Waals surface area contributed by atoms with Gasteiger partial charge in [0.1, 0.15) is 12.4 Å². The summed E-state index contributed by atoms with van der Waals surface area (Å²) >= 11 is 0. The molecule has 6 nitrogen and oxygen atoms in total. The second-order valence-electron chi connectivity index (χ2n) is 11.1. The van der Waals surface area contributed by atoms with Crippen molar-refractivity contribution in [1.82, 2.24) is 19.8 Å². The zero-order valence-corrected chi connectivity index (χ0v) is 22.4. The lowest BCUT2D eigenvalue weighted by atomic mass is 9.89. The molecular formula is C29H46N4O2. The van der Waals surface area contributed by atoms with Crippen LogP contribution in [0.5, 0.6) is 0 Å². The molecule has 1 heterocycles. The maximum Gasteiger partial charge on any atom is 0.242 e. The van der Waals surface area contributed by atoms with E-state index < -0.39 is 0 Å². The lowest BCUT2D eigenvalue weighted by Gasteiger charge is -2.27. The molecule has 0 spiro atoms. The molecule has 1 N–H and O–H groups in total. The number of hydrogen-bond donors (Lipinski definition) is 1. The summed E-state index contributed by atoms with van der Waals surface area (Å²) in [7, 11) is 0. The molecule has 2 amide bonds. The monoisotopic (exact) mass is 482 g/mol. The van der Waals surface area contributed by atoms with Crippen molar-refractivity contribution in [1.29, 1.82) is 0 Å². The fourth-order valence-electron chi connectivity index (χ4n) is 5.19. The molecule has 194 valence electrons. The number of benzene rings is 1. The van der Waals surface area contributed by atoms with E-state index in [9.17, 15) is 9.59 Å². The normalized spacial score (nSPS) is 14.7. The highest BCUT2D eigenvalue weighted by atomic mass is 16.2. The third kappa shape index (κ3) is 8.36. The van der Waals surface area contributed by atoms with Gasteiger partial charge < -0.3 is 14.8 Å². The number of hydrogen-bond acceptors (Lipinski definition) is 3. The molecule has 0 unspecified atom stereocenters. The molecule has 1 aromatic heterocycles. The Morgan fingerprint density at radius 3 is 2.37 bits per heavy atom. The molecule has 0 atom stereocenters. The van der Waals surface area contributed by atoms with Crippen molar-refractivity contribution in [2.45, 2.75) is 92.0 Å². The number of rotatable bonds is 13. The van der Waals surface area contributed by atoms with E-state index in [1.54, 1.807) is 0 Å². The summed E-state index contributed by atoms with van der Waals surface area (Å²) in [6, 6.07) is 8.11. The Morgan fingerprint density at radius 1 is 1.00 bits per heavy atom. The van der Waals surface area contributed by atoms with E-state index in [1.807, 2.05) is 23.1 Å². The first-order valence-corrected chi connectivity index (χ1v) is 13.8. The first-order valence-electron chi connectivity index (χ1n) is 13.8. The van der Waals surface area contributed by atoms with Crippen molar-refractivity contribution in [3.63, 3.8) is 0 Å². The number of imidazole rings is 1. The molecule has 1 fully saturated rings. The minimum atomic E-state index is 0.169. The number of nitrogens with zero attached hydrogens (tertiary/aromatic N) is 3. The highest BCUT2D eigenvalue weighted by Gasteiger charge is 2.21. The highest BCUT2D eigenvalue weighted by Crippen LogP contribution is 2.23. The molecule has 0 bridgehead atoms. The number of aromatic nitrogens is 2. The number of fused-ring (bicyclic) bond motifs is 1. The first kappa shape index (κ1) is 27.2. The molecule has 0 aliphatic heterocycles. The molecule has 1 aromatic carbocycles. The Morgan fingerprint density at radius 2 is 1.69 bits per heavy atom. The average Bonchev–Trinajstić information content (AvgIpc) is 3.17. The SMILES string of the molecule is CC(C)CN(CC(C)C)C(=O)Cn1c(CCCCCNC(=O)C2CCCCC2)nc2ccccc21. The summed E-state index contributed by atoms with van der Waals surface area (Å²) in [4.78, 5) is 32.5. The first-order chi connectivity index (χ1) is 16.8. The lowest BCUT2D eigenvalue weighted by molar-refractivity contribution is -0.133. The van der Waals surface area contributed by atoms with Crippen LogP contribution in [0.2, 0.25) is 0 Å². The van der Waals surface area contributed by atoms with Gasteiger partial charge in [0.2, 0.25) is 11.8 Å². The number of carbonyl (C=O) groups excluding carboxylic acids is 2. The van der Waals surface area contributed by atoms with E-state index in [0.29, 0.717) is 18.4 Å². The maximum atomic E-state index is 13.3. The van der Waals surface area contributed by atoms with Gasteiger partial charge in [0.05, 0.1) is 11.0 Å². The zero-order valence-electron chi connectivity index (χ0n) is 22.4. The van der Waals surface area contributed by atoms with Crippen LogP contribution in [0.25, 0.3) is 11.0 Å². The van der Waals surface area contributed by atoms with Gasteiger partial charge in [0.15, 0.2) is 0 Å². The van der Waals surface area contributed by atoms with Crippen LogP contribution in [0.15, 0.2) is 24.3 Å². The topological polar surface area (TPSA) is 67.2 Å². The fraction of sp³-hybridized carbons (Fsp3) is 0.690. The third-order valence-corrected chi connectivity index (χ3v) is 6.90. The Bertz CT molecular complexity index is 933. The van der Waals surface area contributed by atoms with Crippen LogP contribution >= 0.6 is 0 Å². The third-order valence-electron chi connectivity index (χ3n) is 6.90. The van der Waals surface area contributed by atoms with Crippen molar-refractivity contribution < 1.29 is 9.59 Å². The van der Waals surface area contributed by atoms with E-state index in [-0.39, 0.29) is 17.7 Å². The number of para-hydroxylation sites is 2. The second-order valence-corrected chi connectivity index (χ2v) is 11.1. The van der Waals surface area contributed by atoms with Gasteiger partial charge in [-0.3, -0.25) is 9.59 Å². The predicted octanol–water partition coefficient (Wildman–Crippen LogP) is 5.59. The van der Waals surface area contributed by atoms with Gasteiger partial charge in [0.25, 0.3) is 0 Å². The van der Waals surface area contributed by atoms with Crippen LogP contribution in [-0.2, 0) is 22.6 Å². The van der Waals surface area contributed by atoms with E-state index in [2.05, 4.69) is 43.6 Å². The smallest absolute Gasteiger partial charge is 0.242 e. The lowest BCUT2D eigenvalue weighted by Crippen LogP contribution is -2.39. The summed E-state index contributed by atoms with van der Waals surface area (Å²) in [5, 5.41) is 3.14. The summed E-state index contributed by atoms with van der Waals surface area (Å²) in [5.74, 6) is 2.51. The second kappa shape index (κ2) is 13.6. The molecule has 35 heavy (non-hydrogen) atoms. The molecule has 0 radical (unpaired) electrons. The van der Waals surface area contributed by atoms with Crippen LogP contribution in [0.1, 0.15) is 84.9 Å². The molecule has 3 rings (SSSR count).